The van der Waals surface area contributed by atoms with Gasteiger partial charge < -0.3 is 14.8 Å². The van der Waals surface area contributed by atoms with Crippen molar-refractivity contribution in [3.05, 3.63) is 46.4 Å². The third-order valence-corrected chi connectivity index (χ3v) is 6.30. The summed E-state index contributed by atoms with van der Waals surface area (Å²) in [6, 6.07) is 9.91. The maximum atomic E-state index is 12.7. The quantitative estimate of drug-likeness (QED) is 0.615. The molecule has 0 unspecified atom stereocenters. The first-order chi connectivity index (χ1) is 13.2. The van der Waals surface area contributed by atoms with E-state index in [0.29, 0.717) is 21.7 Å². The van der Waals surface area contributed by atoms with Gasteiger partial charge in [-0.3, -0.25) is 4.79 Å². The van der Waals surface area contributed by atoms with Crippen LogP contribution in [0.15, 0.2) is 45.8 Å². The van der Waals surface area contributed by atoms with Gasteiger partial charge in [-0.1, -0.05) is 26.0 Å². The molecule has 2 rings (SSSR count). The minimum Gasteiger partial charge on any atom is -0.493 e. The van der Waals surface area contributed by atoms with E-state index in [-0.39, 0.29) is 23.3 Å². The standard InChI is InChI=1S/C19H23BrN2O5S/c1-12(2)19(23)22-14-7-5-13(6-8-14)11-21-28(24,25)18-10-17(27-4)16(26-3)9-15(18)20/h5-10,12,21H,11H2,1-4H3,(H,22,23). The maximum absolute atomic E-state index is 12.7. The number of halogens is 1. The second-order valence-electron chi connectivity index (χ2n) is 6.30. The van der Waals surface area contributed by atoms with Crippen molar-refractivity contribution in [2.45, 2.75) is 25.3 Å². The Morgan fingerprint density at radius 3 is 2.18 bits per heavy atom. The van der Waals surface area contributed by atoms with Crippen LogP contribution in [0.25, 0.3) is 0 Å². The topological polar surface area (TPSA) is 93.7 Å². The van der Waals surface area contributed by atoms with Crippen LogP contribution in [-0.2, 0) is 21.4 Å². The number of carbonyl (C=O) groups is 1. The van der Waals surface area contributed by atoms with E-state index < -0.39 is 10.0 Å². The van der Waals surface area contributed by atoms with E-state index >= 15 is 0 Å². The number of benzene rings is 2. The van der Waals surface area contributed by atoms with Gasteiger partial charge in [-0.2, -0.15) is 0 Å². The van der Waals surface area contributed by atoms with E-state index in [9.17, 15) is 13.2 Å². The highest BCUT2D eigenvalue weighted by molar-refractivity contribution is 9.10. The Kier molecular flexibility index (Phi) is 7.45. The molecule has 0 aromatic heterocycles. The molecule has 0 aliphatic carbocycles. The minimum absolute atomic E-state index is 0.0472. The fourth-order valence-corrected chi connectivity index (χ4v) is 4.34. The van der Waals surface area contributed by atoms with E-state index in [1.165, 1.54) is 20.3 Å². The van der Waals surface area contributed by atoms with E-state index in [1.54, 1.807) is 30.3 Å². The molecule has 28 heavy (non-hydrogen) atoms. The van der Waals surface area contributed by atoms with Crippen LogP contribution >= 0.6 is 15.9 Å². The first kappa shape index (κ1) is 22.2. The summed E-state index contributed by atoms with van der Waals surface area (Å²) in [7, 11) is -0.873. The molecule has 0 heterocycles. The van der Waals surface area contributed by atoms with Gasteiger partial charge in [0.15, 0.2) is 11.5 Å². The van der Waals surface area contributed by atoms with Gasteiger partial charge in [0, 0.05) is 28.7 Å². The zero-order valence-electron chi connectivity index (χ0n) is 16.1. The Morgan fingerprint density at radius 2 is 1.64 bits per heavy atom. The van der Waals surface area contributed by atoms with E-state index in [2.05, 4.69) is 26.0 Å². The highest BCUT2D eigenvalue weighted by Gasteiger charge is 2.21. The number of sulfonamides is 1. The average Bonchev–Trinajstić information content (AvgIpc) is 2.66. The van der Waals surface area contributed by atoms with Gasteiger partial charge in [0.25, 0.3) is 0 Å². The molecule has 0 spiro atoms. The smallest absolute Gasteiger partial charge is 0.242 e. The van der Waals surface area contributed by atoms with Crippen LogP contribution in [0.2, 0.25) is 0 Å². The van der Waals surface area contributed by atoms with E-state index in [0.717, 1.165) is 5.56 Å². The van der Waals surface area contributed by atoms with Crippen LogP contribution in [0.4, 0.5) is 5.69 Å². The second kappa shape index (κ2) is 9.40. The molecule has 7 nitrogen and oxygen atoms in total. The SMILES string of the molecule is COc1cc(Br)c(S(=O)(=O)NCc2ccc(NC(=O)C(C)C)cc2)cc1OC. The first-order valence-corrected chi connectivity index (χ1v) is 10.8. The van der Waals surface area contributed by atoms with Crippen molar-refractivity contribution in [3.8, 4) is 11.5 Å². The predicted molar refractivity (Wildman–Crippen MR) is 111 cm³/mol. The molecule has 2 N–H and O–H groups in total. The molecule has 9 heteroatoms. The number of amides is 1. The summed E-state index contributed by atoms with van der Waals surface area (Å²) < 4.78 is 38.6. The first-order valence-electron chi connectivity index (χ1n) is 8.49. The third-order valence-electron chi connectivity index (χ3n) is 3.94. The van der Waals surface area contributed by atoms with Crippen molar-refractivity contribution < 1.29 is 22.7 Å². The molecule has 0 bridgehead atoms. The number of methoxy groups -OCH3 is 2. The Hall–Kier alpha value is -2.10. The number of anilines is 1. The van der Waals surface area contributed by atoms with Gasteiger partial charge in [0.1, 0.15) is 4.90 Å². The van der Waals surface area contributed by atoms with Crippen molar-refractivity contribution in [3.63, 3.8) is 0 Å². The van der Waals surface area contributed by atoms with Crippen molar-refractivity contribution in [2.24, 2.45) is 5.92 Å². The predicted octanol–water partition coefficient (Wildman–Crippen LogP) is 3.54. The Bertz CT molecular complexity index is 944. The van der Waals surface area contributed by atoms with Crippen molar-refractivity contribution >= 4 is 37.5 Å². The summed E-state index contributed by atoms with van der Waals surface area (Å²) in [5.41, 5.74) is 1.41. The molecular weight excluding hydrogens is 448 g/mol. The number of rotatable bonds is 8. The van der Waals surface area contributed by atoms with Crippen molar-refractivity contribution in [2.75, 3.05) is 19.5 Å². The van der Waals surface area contributed by atoms with Gasteiger partial charge in [0.05, 0.1) is 14.2 Å². The molecule has 0 aliphatic rings. The Morgan fingerprint density at radius 1 is 1.07 bits per heavy atom. The highest BCUT2D eigenvalue weighted by Crippen LogP contribution is 2.35. The Labute approximate surface area is 173 Å². The zero-order valence-corrected chi connectivity index (χ0v) is 18.5. The average molecular weight is 471 g/mol. The second-order valence-corrected chi connectivity index (χ2v) is 8.89. The molecule has 0 fully saturated rings. The lowest BCUT2D eigenvalue weighted by Gasteiger charge is -2.13. The van der Waals surface area contributed by atoms with Gasteiger partial charge in [-0.25, -0.2) is 13.1 Å². The normalized spacial score (nSPS) is 11.4. The Balaban J connectivity index is 2.12. The van der Waals surface area contributed by atoms with Crippen LogP contribution in [-0.4, -0.2) is 28.5 Å². The molecule has 0 radical (unpaired) electrons. The number of hydrogen-bond acceptors (Lipinski definition) is 5. The summed E-state index contributed by atoms with van der Waals surface area (Å²) in [5.74, 6) is 0.543. The monoisotopic (exact) mass is 470 g/mol. The van der Waals surface area contributed by atoms with Crippen LogP contribution in [0.5, 0.6) is 11.5 Å². The summed E-state index contributed by atoms with van der Waals surface area (Å²) in [4.78, 5) is 11.8. The lowest BCUT2D eigenvalue weighted by molar-refractivity contribution is -0.118. The van der Waals surface area contributed by atoms with Crippen LogP contribution < -0.4 is 19.5 Å². The van der Waals surface area contributed by atoms with Gasteiger partial charge in [-0.05, 0) is 39.7 Å². The van der Waals surface area contributed by atoms with Crippen molar-refractivity contribution in [1.29, 1.82) is 0 Å². The lowest BCUT2D eigenvalue weighted by Crippen LogP contribution is -2.23. The molecule has 0 aliphatic heterocycles. The summed E-state index contributed by atoms with van der Waals surface area (Å²) in [5, 5.41) is 2.79. The van der Waals surface area contributed by atoms with Crippen LogP contribution in [0.3, 0.4) is 0 Å². The highest BCUT2D eigenvalue weighted by atomic mass is 79.9. The molecule has 1 amide bonds. The number of nitrogens with one attached hydrogen (secondary N) is 2. The van der Waals surface area contributed by atoms with Gasteiger partial charge in [0.2, 0.25) is 15.9 Å². The molecule has 0 atom stereocenters. The minimum atomic E-state index is -3.79. The molecule has 2 aromatic rings. The van der Waals surface area contributed by atoms with E-state index in [1.807, 2.05) is 13.8 Å². The van der Waals surface area contributed by atoms with Gasteiger partial charge in [-0.15, -0.1) is 0 Å². The third kappa shape index (κ3) is 5.46. The molecule has 0 saturated heterocycles. The fraction of sp³-hybridized carbons (Fsp3) is 0.316. The number of ether oxygens (including phenoxy) is 2. The van der Waals surface area contributed by atoms with Gasteiger partial charge >= 0.3 is 0 Å². The number of hydrogen-bond donors (Lipinski definition) is 2. The molecule has 0 saturated carbocycles. The summed E-state index contributed by atoms with van der Waals surface area (Å²) in [6.07, 6.45) is 0. The summed E-state index contributed by atoms with van der Waals surface area (Å²) in [6.45, 7) is 3.72. The van der Waals surface area contributed by atoms with E-state index in [4.69, 9.17) is 9.47 Å². The van der Waals surface area contributed by atoms with Crippen molar-refractivity contribution in [1.82, 2.24) is 4.72 Å². The summed E-state index contributed by atoms with van der Waals surface area (Å²) >= 11 is 3.26. The molecule has 152 valence electrons. The van der Waals surface area contributed by atoms with Crippen LogP contribution in [0.1, 0.15) is 19.4 Å². The zero-order chi connectivity index (χ0) is 20.9. The molecular formula is C19H23BrN2O5S. The maximum Gasteiger partial charge on any atom is 0.242 e. The lowest BCUT2D eigenvalue weighted by atomic mass is 10.2. The largest absolute Gasteiger partial charge is 0.493 e. The van der Waals surface area contributed by atoms with Crippen LogP contribution in [0, 0.1) is 5.92 Å². The molecule has 2 aromatic carbocycles. The number of carbonyl (C=O) groups excluding carboxylic acids is 1. The fourth-order valence-electron chi connectivity index (χ4n) is 2.29.